The molecule has 1 aliphatic rings. The molecule has 2 aromatic heterocycles. The average molecular weight is 395 g/mol. The minimum Gasteiger partial charge on any atom is -0.508 e. The van der Waals surface area contributed by atoms with Crippen LogP contribution in [-0.2, 0) is 4.79 Å². The smallest absolute Gasteiger partial charge is 0.260 e. The summed E-state index contributed by atoms with van der Waals surface area (Å²) in [4.78, 5) is 36.8. The van der Waals surface area contributed by atoms with Crippen molar-refractivity contribution in [3.63, 3.8) is 0 Å². The van der Waals surface area contributed by atoms with Crippen LogP contribution in [0.25, 0.3) is 21.9 Å². The molecule has 3 heterocycles. The molecular weight excluding hydrogens is 374 g/mol. The van der Waals surface area contributed by atoms with Gasteiger partial charge in [-0.05, 0) is 56.0 Å². The van der Waals surface area contributed by atoms with E-state index in [1.165, 1.54) is 11.3 Å². The zero-order chi connectivity index (χ0) is 19.8. The normalized spacial score (nSPS) is 14.8. The highest BCUT2D eigenvalue weighted by atomic mass is 32.1. The second-order valence-corrected chi connectivity index (χ2v) is 8.23. The van der Waals surface area contributed by atoms with Crippen LogP contribution < -0.4 is 5.56 Å². The molecular formula is C21H21N3O3S. The maximum absolute atomic E-state index is 13.2. The standard InChI is InChI=1S/C21H21N3O3S/c1-12-13(2)28-20-17(12)19(26)22-18(23-20)16(21(27)24-9-3-4-10-24)11-14-5-7-15(25)8-6-14/h5-8,11,25H,3-4,9-10H2,1-2H3,(H,22,23,26). The number of rotatable bonds is 3. The number of carbonyl (C=O) groups excluding carboxylic acids is 1. The summed E-state index contributed by atoms with van der Waals surface area (Å²) in [6.07, 6.45) is 3.67. The number of benzene rings is 1. The van der Waals surface area contributed by atoms with Crippen LogP contribution in [0.4, 0.5) is 0 Å². The molecule has 0 spiro atoms. The number of hydrogen-bond donors (Lipinski definition) is 2. The Morgan fingerprint density at radius 3 is 2.57 bits per heavy atom. The summed E-state index contributed by atoms with van der Waals surface area (Å²) in [6.45, 7) is 5.28. The van der Waals surface area contributed by atoms with Crippen LogP contribution in [0.1, 0.15) is 34.7 Å². The highest BCUT2D eigenvalue weighted by Crippen LogP contribution is 2.28. The summed E-state index contributed by atoms with van der Waals surface area (Å²) in [5, 5.41) is 10.1. The Kier molecular flexibility index (Phi) is 4.77. The van der Waals surface area contributed by atoms with Gasteiger partial charge in [0.2, 0.25) is 0 Å². The van der Waals surface area contributed by atoms with Crippen LogP contribution in [0.15, 0.2) is 29.1 Å². The SMILES string of the molecule is Cc1sc2nc(C(=Cc3ccc(O)cc3)C(=O)N3CCCC3)[nH]c(=O)c2c1C. The maximum Gasteiger partial charge on any atom is 0.260 e. The van der Waals surface area contributed by atoms with Crippen molar-refractivity contribution in [3.8, 4) is 5.75 Å². The van der Waals surface area contributed by atoms with Crippen molar-refractivity contribution < 1.29 is 9.90 Å². The maximum atomic E-state index is 13.2. The third-order valence-electron chi connectivity index (χ3n) is 5.12. The summed E-state index contributed by atoms with van der Waals surface area (Å²) in [5.74, 6) is 0.295. The summed E-state index contributed by atoms with van der Waals surface area (Å²) >= 11 is 1.46. The Bertz CT molecular complexity index is 1140. The van der Waals surface area contributed by atoms with Gasteiger partial charge in [-0.1, -0.05) is 12.1 Å². The number of nitrogens with one attached hydrogen (secondary N) is 1. The van der Waals surface area contributed by atoms with Gasteiger partial charge < -0.3 is 15.0 Å². The molecule has 1 aromatic carbocycles. The molecule has 6 nitrogen and oxygen atoms in total. The second kappa shape index (κ2) is 7.24. The number of phenolic OH excluding ortho intramolecular Hbond substituents is 1. The molecule has 144 valence electrons. The number of likely N-dealkylation sites (tertiary alicyclic amines) is 1. The van der Waals surface area contributed by atoms with Crippen LogP contribution in [-0.4, -0.2) is 39.0 Å². The molecule has 1 fully saturated rings. The number of phenols is 1. The van der Waals surface area contributed by atoms with E-state index in [4.69, 9.17) is 0 Å². The Balaban J connectivity index is 1.87. The predicted molar refractivity (Wildman–Crippen MR) is 112 cm³/mol. The molecule has 0 bridgehead atoms. The molecule has 1 aliphatic heterocycles. The first-order valence-electron chi connectivity index (χ1n) is 9.24. The number of aromatic nitrogens is 2. The third-order valence-corrected chi connectivity index (χ3v) is 6.22. The number of H-pyrrole nitrogens is 1. The first kappa shape index (κ1) is 18.4. The number of fused-ring (bicyclic) bond motifs is 1. The zero-order valence-corrected chi connectivity index (χ0v) is 16.6. The van der Waals surface area contributed by atoms with Gasteiger partial charge in [-0.2, -0.15) is 0 Å². The first-order valence-corrected chi connectivity index (χ1v) is 10.1. The van der Waals surface area contributed by atoms with E-state index in [0.29, 0.717) is 28.9 Å². The molecule has 0 aliphatic carbocycles. The number of nitrogens with zero attached hydrogens (tertiary/aromatic N) is 2. The van der Waals surface area contributed by atoms with E-state index in [-0.39, 0.29) is 23.0 Å². The van der Waals surface area contributed by atoms with Crippen molar-refractivity contribution in [3.05, 3.63) is 56.4 Å². The molecule has 0 radical (unpaired) electrons. The Hall–Kier alpha value is -2.93. The largest absolute Gasteiger partial charge is 0.508 e. The van der Waals surface area contributed by atoms with Gasteiger partial charge in [0.05, 0.1) is 11.0 Å². The molecule has 0 atom stereocenters. The molecule has 2 N–H and O–H groups in total. The molecule has 1 amide bonds. The van der Waals surface area contributed by atoms with Crippen molar-refractivity contribution >= 4 is 39.1 Å². The number of thiophene rings is 1. The van der Waals surface area contributed by atoms with Gasteiger partial charge in [0.25, 0.3) is 11.5 Å². The lowest BCUT2D eigenvalue weighted by atomic mass is 10.1. The number of hydrogen-bond acceptors (Lipinski definition) is 5. The van der Waals surface area contributed by atoms with E-state index in [0.717, 1.165) is 28.8 Å². The summed E-state index contributed by atoms with van der Waals surface area (Å²) < 4.78 is 0. The van der Waals surface area contributed by atoms with Gasteiger partial charge in [0, 0.05) is 18.0 Å². The van der Waals surface area contributed by atoms with Crippen LogP contribution in [0.3, 0.4) is 0 Å². The molecule has 0 saturated carbocycles. The van der Waals surface area contributed by atoms with E-state index in [9.17, 15) is 14.7 Å². The summed E-state index contributed by atoms with van der Waals surface area (Å²) in [7, 11) is 0. The molecule has 0 unspecified atom stereocenters. The fraction of sp³-hybridized carbons (Fsp3) is 0.286. The topological polar surface area (TPSA) is 86.3 Å². The number of amides is 1. The first-order chi connectivity index (χ1) is 13.4. The van der Waals surface area contributed by atoms with E-state index in [1.807, 2.05) is 13.8 Å². The van der Waals surface area contributed by atoms with Gasteiger partial charge in [0.1, 0.15) is 16.4 Å². The van der Waals surface area contributed by atoms with E-state index < -0.39 is 0 Å². The molecule has 7 heteroatoms. The molecule has 28 heavy (non-hydrogen) atoms. The highest BCUT2D eigenvalue weighted by molar-refractivity contribution is 7.18. The van der Waals surface area contributed by atoms with Crippen LogP contribution in [0, 0.1) is 13.8 Å². The monoisotopic (exact) mass is 395 g/mol. The van der Waals surface area contributed by atoms with Crippen molar-refractivity contribution in [1.82, 2.24) is 14.9 Å². The quantitative estimate of drug-likeness (QED) is 0.665. The van der Waals surface area contributed by atoms with Gasteiger partial charge in [-0.25, -0.2) is 4.98 Å². The van der Waals surface area contributed by atoms with Crippen molar-refractivity contribution in [2.24, 2.45) is 0 Å². The van der Waals surface area contributed by atoms with Crippen LogP contribution >= 0.6 is 11.3 Å². The average Bonchev–Trinajstić information content (AvgIpc) is 3.30. The number of aromatic amines is 1. The van der Waals surface area contributed by atoms with Gasteiger partial charge in [-0.3, -0.25) is 9.59 Å². The Labute approximate surface area is 166 Å². The lowest BCUT2D eigenvalue weighted by Gasteiger charge is -2.17. The molecule has 1 saturated heterocycles. The van der Waals surface area contributed by atoms with Crippen molar-refractivity contribution in [1.29, 1.82) is 0 Å². The predicted octanol–water partition coefficient (Wildman–Crippen LogP) is 3.47. The minimum atomic E-state index is -0.229. The van der Waals surface area contributed by atoms with Crippen molar-refractivity contribution in [2.75, 3.05) is 13.1 Å². The molecule has 4 rings (SSSR count). The number of carbonyl (C=O) groups is 1. The fourth-order valence-electron chi connectivity index (χ4n) is 3.44. The lowest BCUT2D eigenvalue weighted by Crippen LogP contribution is -2.29. The van der Waals surface area contributed by atoms with Gasteiger partial charge in [0.15, 0.2) is 0 Å². The van der Waals surface area contributed by atoms with Crippen LogP contribution in [0.5, 0.6) is 5.75 Å². The minimum absolute atomic E-state index is 0.141. The molecule has 3 aromatic rings. The van der Waals surface area contributed by atoms with Crippen LogP contribution in [0.2, 0.25) is 0 Å². The van der Waals surface area contributed by atoms with E-state index in [1.54, 1.807) is 35.2 Å². The Morgan fingerprint density at radius 1 is 1.21 bits per heavy atom. The summed E-state index contributed by atoms with van der Waals surface area (Å²) in [6, 6.07) is 6.58. The summed E-state index contributed by atoms with van der Waals surface area (Å²) in [5.41, 5.74) is 1.81. The Morgan fingerprint density at radius 2 is 1.89 bits per heavy atom. The lowest BCUT2D eigenvalue weighted by molar-refractivity contribution is -0.123. The van der Waals surface area contributed by atoms with Gasteiger partial charge in [-0.15, -0.1) is 11.3 Å². The number of aromatic hydroxyl groups is 1. The fourth-order valence-corrected chi connectivity index (χ4v) is 4.47. The third kappa shape index (κ3) is 3.33. The number of aryl methyl sites for hydroxylation is 2. The van der Waals surface area contributed by atoms with E-state index in [2.05, 4.69) is 9.97 Å². The highest BCUT2D eigenvalue weighted by Gasteiger charge is 2.25. The van der Waals surface area contributed by atoms with Crippen molar-refractivity contribution in [2.45, 2.75) is 26.7 Å². The van der Waals surface area contributed by atoms with Gasteiger partial charge >= 0.3 is 0 Å². The second-order valence-electron chi connectivity index (χ2n) is 7.03. The van der Waals surface area contributed by atoms with E-state index >= 15 is 0 Å². The zero-order valence-electron chi connectivity index (χ0n) is 15.8.